The van der Waals surface area contributed by atoms with Crippen LogP contribution in [0.25, 0.3) is 0 Å². The van der Waals surface area contributed by atoms with Crippen LogP contribution in [-0.4, -0.2) is 5.91 Å². The Balaban J connectivity index is 2.07. The fourth-order valence-corrected chi connectivity index (χ4v) is 2.76. The molecular weight excluding hydrogens is 282 g/mol. The summed E-state index contributed by atoms with van der Waals surface area (Å²) in [4.78, 5) is 12.5. The van der Waals surface area contributed by atoms with Crippen LogP contribution < -0.4 is 5.32 Å². The summed E-state index contributed by atoms with van der Waals surface area (Å²) in [5.74, 6) is 0.530. The summed E-state index contributed by atoms with van der Waals surface area (Å²) in [6.45, 7) is 8.49. The lowest BCUT2D eigenvalue weighted by atomic mass is 9.96. The van der Waals surface area contributed by atoms with E-state index in [-0.39, 0.29) is 11.8 Å². The van der Waals surface area contributed by atoms with Gasteiger partial charge in [-0.2, -0.15) is 0 Å². The monoisotopic (exact) mass is 309 g/mol. The standard InChI is InChI=1S/C21H27NO/c1-5-18-8-6-7-9-20(18)22-21(23)16(4)19-12-10-17(11-13-19)14-15(2)3/h6-13,15-16H,5,14H2,1-4H3,(H,22,23)/t16-/m0/s1. The second kappa shape index (κ2) is 7.96. The van der Waals surface area contributed by atoms with Gasteiger partial charge in [-0.05, 0) is 48.4 Å². The highest BCUT2D eigenvalue weighted by molar-refractivity contribution is 5.96. The Morgan fingerprint density at radius 3 is 2.26 bits per heavy atom. The molecule has 0 unspecified atom stereocenters. The Bertz CT molecular complexity index is 643. The second-order valence-corrected chi connectivity index (χ2v) is 6.56. The molecule has 0 saturated carbocycles. The summed E-state index contributed by atoms with van der Waals surface area (Å²) in [5.41, 5.74) is 4.47. The van der Waals surface area contributed by atoms with E-state index in [4.69, 9.17) is 0 Å². The number of benzene rings is 2. The smallest absolute Gasteiger partial charge is 0.231 e. The number of hydrogen-bond donors (Lipinski definition) is 1. The van der Waals surface area contributed by atoms with E-state index in [1.165, 1.54) is 11.1 Å². The quantitative estimate of drug-likeness (QED) is 0.781. The Morgan fingerprint density at radius 1 is 1.00 bits per heavy atom. The molecule has 0 aromatic heterocycles. The van der Waals surface area contributed by atoms with Crippen LogP contribution in [-0.2, 0) is 17.6 Å². The van der Waals surface area contributed by atoms with Crippen molar-refractivity contribution in [1.29, 1.82) is 0 Å². The molecule has 122 valence electrons. The Labute approximate surface area is 139 Å². The zero-order valence-electron chi connectivity index (χ0n) is 14.6. The van der Waals surface area contributed by atoms with Gasteiger partial charge in [-0.15, -0.1) is 0 Å². The van der Waals surface area contributed by atoms with Crippen molar-refractivity contribution >= 4 is 11.6 Å². The maximum atomic E-state index is 12.5. The van der Waals surface area contributed by atoms with Crippen molar-refractivity contribution in [3.05, 3.63) is 65.2 Å². The highest BCUT2D eigenvalue weighted by atomic mass is 16.1. The van der Waals surface area contributed by atoms with E-state index in [2.05, 4.69) is 56.4 Å². The zero-order valence-corrected chi connectivity index (χ0v) is 14.6. The first-order valence-electron chi connectivity index (χ1n) is 8.48. The molecule has 2 aromatic rings. The molecule has 0 spiro atoms. The van der Waals surface area contributed by atoms with Gasteiger partial charge in [0.2, 0.25) is 5.91 Å². The number of rotatable bonds is 6. The molecular formula is C21H27NO. The van der Waals surface area contributed by atoms with E-state index < -0.39 is 0 Å². The minimum atomic E-state index is -0.159. The molecule has 0 heterocycles. The minimum absolute atomic E-state index is 0.0440. The molecule has 2 heteroatoms. The number of hydrogen-bond acceptors (Lipinski definition) is 1. The van der Waals surface area contributed by atoms with E-state index in [1.807, 2.05) is 25.1 Å². The summed E-state index contributed by atoms with van der Waals surface area (Å²) in [7, 11) is 0. The summed E-state index contributed by atoms with van der Waals surface area (Å²) >= 11 is 0. The van der Waals surface area contributed by atoms with Gasteiger partial charge in [0, 0.05) is 5.69 Å². The third-order valence-corrected chi connectivity index (χ3v) is 4.17. The van der Waals surface area contributed by atoms with Gasteiger partial charge in [0.05, 0.1) is 5.92 Å². The molecule has 2 nitrogen and oxygen atoms in total. The van der Waals surface area contributed by atoms with Crippen molar-refractivity contribution in [3.8, 4) is 0 Å². The summed E-state index contributed by atoms with van der Waals surface area (Å²) < 4.78 is 0. The predicted octanol–water partition coefficient (Wildman–Crippen LogP) is 5.19. The minimum Gasteiger partial charge on any atom is -0.325 e. The third-order valence-electron chi connectivity index (χ3n) is 4.17. The fraction of sp³-hybridized carbons (Fsp3) is 0.381. The molecule has 0 aliphatic heterocycles. The fourth-order valence-electron chi connectivity index (χ4n) is 2.76. The zero-order chi connectivity index (χ0) is 16.8. The number of anilines is 1. The number of nitrogens with one attached hydrogen (secondary N) is 1. The first-order chi connectivity index (χ1) is 11.0. The van der Waals surface area contributed by atoms with E-state index in [1.54, 1.807) is 0 Å². The number of carbonyl (C=O) groups is 1. The Morgan fingerprint density at radius 2 is 1.65 bits per heavy atom. The molecule has 1 atom stereocenters. The van der Waals surface area contributed by atoms with Gasteiger partial charge in [0.1, 0.15) is 0 Å². The molecule has 23 heavy (non-hydrogen) atoms. The van der Waals surface area contributed by atoms with Gasteiger partial charge in [0.25, 0.3) is 0 Å². The lowest BCUT2D eigenvalue weighted by Crippen LogP contribution is -2.19. The highest BCUT2D eigenvalue weighted by Crippen LogP contribution is 2.21. The van der Waals surface area contributed by atoms with Crippen LogP contribution >= 0.6 is 0 Å². The molecule has 0 bridgehead atoms. The SMILES string of the molecule is CCc1ccccc1NC(=O)[C@@H](C)c1ccc(CC(C)C)cc1. The Hall–Kier alpha value is -2.09. The highest BCUT2D eigenvalue weighted by Gasteiger charge is 2.16. The summed E-state index contributed by atoms with van der Waals surface area (Å²) in [6, 6.07) is 16.4. The van der Waals surface area contributed by atoms with Crippen LogP contribution in [0, 0.1) is 5.92 Å². The average molecular weight is 309 g/mol. The maximum Gasteiger partial charge on any atom is 0.231 e. The first-order valence-corrected chi connectivity index (χ1v) is 8.48. The average Bonchev–Trinajstić information content (AvgIpc) is 2.55. The van der Waals surface area contributed by atoms with Crippen LogP contribution in [0.2, 0.25) is 0 Å². The van der Waals surface area contributed by atoms with Gasteiger partial charge in [0.15, 0.2) is 0 Å². The van der Waals surface area contributed by atoms with Crippen molar-refractivity contribution in [2.24, 2.45) is 5.92 Å². The molecule has 0 radical (unpaired) electrons. The van der Waals surface area contributed by atoms with Crippen LogP contribution in [0.5, 0.6) is 0 Å². The summed E-state index contributed by atoms with van der Waals surface area (Å²) in [5, 5.41) is 3.07. The van der Waals surface area contributed by atoms with Crippen LogP contribution in [0.3, 0.4) is 0 Å². The van der Waals surface area contributed by atoms with E-state index >= 15 is 0 Å². The molecule has 1 N–H and O–H groups in total. The van der Waals surface area contributed by atoms with Gasteiger partial charge >= 0.3 is 0 Å². The molecule has 2 aromatic carbocycles. The Kier molecular flexibility index (Phi) is 5.97. The molecule has 0 aliphatic carbocycles. The lowest BCUT2D eigenvalue weighted by molar-refractivity contribution is -0.117. The van der Waals surface area contributed by atoms with E-state index in [0.29, 0.717) is 5.92 Å². The van der Waals surface area contributed by atoms with Gasteiger partial charge in [-0.25, -0.2) is 0 Å². The molecule has 0 fully saturated rings. The molecule has 2 rings (SSSR count). The molecule has 0 saturated heterocycles. The van der Waals surface area contributed by atoms with E-state index in [9.17, 15) is 4.79 Å². The number of para-hydroxylation sites is 1. The van der Waals surface area contributed by atoms with Crippen molar-refractivity contribution < 1.29 is 4.79 Å². The predicted molar refractivity (Wildman–Crippen MR) is 97.8 cm³/mol. The number of carbonyl (C=O) groups excluding carboxylic acids is 1. The van der Waals surface area contributed by atoms with Crippen molar-refractivity contribution in [3.63, 3.8) is 0 Å². The third kappa shape index (κ3) is 4.69. The van der Waals surface area contributed by atoms with Gasteiger partial charge in [-0.3, -0.25) is 4.79 Å². The van der Waals surface area contributed by atoms with Crippen molar-refractivity contribution in [2.45, 2.75) is 46.5 Å². The van der Waals surface area contributed by atoms with Gasteiger partial charge in [-0.1, -0.05) is 63.2 Å². The molecule has 1 amide bonds. The number of amides is 1. The summed E-state index contributed by atoms with van der Waals surface area (Å²) in [6.07, 6.45) is 1.99. The van der Waals surface area contributed by atoms with Crippen molar-refractivity contribution in [2.75, 3.05) is 5.32 Å². The topological polar surface area (TPSA) is 29.1 Å². The van der Waals surface area contributed by atoms with Crippen LogP contribution in [0.1, 0.15) is 50.3 Å². The van der Waals surface area contributed by atoms with Gasteiger partial charge < -0.3 is 5.32 Å². The second-order valence-electron chi connectivity index (χ2n) is 6.56. The van der Waals surface area contributed by atoms with Crippen LogP contribution in [0.4, 0.5) is 5.69 Å². The van der Waals surface area contributed by atoms with E-state index in [0.717, 1.165) is 24.1 Å². The number of aryl methyl sites for hydroxylation is 1. The first kappa shape index (κ1) is 17.3. The lowest BCUT2D eigenvalue weighted by Gasteiger charge is -2.15. The van der Waals surface area contributed by atoms with Crippen molar-refractivity contribution in [1.82, 2.24) is 0 Å². The molecule has 0 aliphatic rings. The van der Waals surface area contributed by atoms with Crippen LogP contribution in [0.15, 0.2) is 48.5 Å². The normalized spacial score (nSPS) is 12.2. The largest absolute Gasteiger partial charge is 0.325 e. The maximum absolute atomic E-state index is 12.5.